The topological polar surface area (TPSA) is 328 Å². The Hall–Kier alpha value is -4.48. The number of nitrogens with one attached hydrogen (secondary N) is 3. The van der Waals surface area contributed by atoms with Gasteiger partial charge in [-0.3, -0.25) is 44.9 Å². The van der Waals surface area contributed by atoms with E-state index in [2.05, 4.69) is 16.8 Å². The summed E-state index contributed by atoms with van der Waals surface area (Å²) in [7, 11) is 3.14. The molecule has 13 N–H and O–H groups in total. The van der Waals surface area contributed by atoms with E-state index < -0.39 is 30.4 Å². The van der Waals surface area contributed by atoms with Crippen LogP contribution in [0, 0.1) is 10.8 Å². The number of aliphatic carboxylic acids is 3. The van der Waals surface area contributed by atoms with Gasteiger partial charge in [-0.1, -0.05) is 6.92 Å². The van der Waals surface area contributed by atoms with Crippen LogP contribution in [-0.4, -0.2) is 112 Å². The fourth-order valence-electron chi connectivity index (χ4n) is 1.06. The van der Waals surface area contributed by atoms with Gasteiger partial charge in [0, 0.05) is 34.4 Å². The summed E-state index contributed by atoms with van der Waals surface area (Å²) in [5, 5.41) is 47.2. The molecule has 0 atom stereocenters. The molecule has 210 valence electrons. The maximum Gasteiger partial charge on any atom is 0.323 e. The van der Waals surface area contributed by atoms with Gasteiger partial charge >= 0.3 is 11.9 Å². The molecular weight excluding hydrogens is 488 g/mol. The van der Waals surface area contributed by atoms with Gasteiger partial charge in [0.25, 0.3) is 5.97 Å². The third-order valence-electron chi connectivity index (χ3n) is 2.42. The van der Waals surface area contributed by atoms with Gasteiger partial charge in [-0.25, -0.2) is 0 Å². The third-order valence-corrected chi connectivity index (χ3v) is 2.42. The van der Waals surface area contributed by atoms with Gasteiger partial charge in [0.05, 0.1) is 6.54 Å². The summed E-state index contributed by atoms with van der Waals surface area (Å²) >= 11 is 0. The summed E-state index contributed by atoms with van der Waals surface area (Å²) in [6.45, 7) is 3.77. The Morgan fingerprint density at radius 2 is 1.42 bits per heavy atom. The number of primary amides is 2. The molecule has 1 saturated heterocycles. The Bertz CT molecular complexity index is 711. The van der Waals surface area contributed by atoms with Crippen LogP contribution >= 0.6 is 0 Å². The number of nitrogens with two attached hydrogens (primary N) is 3. The van der Waals surface area contributed by atoms with Crippen LogP contribution in [0.15, 0.2) is 0 Å². The van der Waals surface area contributed by atoms with Crippen LogP contribution in [0.5, 0.6) is 0 Å². The number of rotatable bonds is 5. The summed E-state index contributed by atoms with van der Waals surface area (Å²) in [6, 6.07) is 0. The highest BCUT2D eigenvalue weighted by molar-refractivity contribution is 6.02. The number of likely N-dealkylation sites (N-methyl/N-ethyl adjacent to an activating group) is 2. The summed E-state index contributed by atoms with van der Waals surface area (Å²) in [4.78, 5) is 60.1. The van der Waals surface area contributed by atoms with Crippen LogP contribution < -0.4 is 22.5 Å². The van der Waals surface area contributed by atoms with Gasteiger partial charge < -0.3 is 47.4 Å². The second-order valence-electron chi connectivity index (χ2n) is 6.29. The summed E-state index contributed by atoms with van der Waals surface area (Å²) in [6.07, 6.45) is 1.02. The van der Waals surface area contributed by atoms with Crippen molar-refractivity contribution in [1.29, 1.82) is 10.8 Å². The molecule has 0 bridgehead atoms. The largest absolute Gasteiger partial charge is 0.481 e. The minimum Gasteiger partial charge on any atom is -0.481 e. The fourth-order valence-corrected chi connectivity index (χ4v) is 1.06. The Morgan fingerprint density at radius 1 is 1.06 bits per heavy atom. The summed E-state index contributed by atoms with van der Waals surface area (Å²) in [5.74, 6) is -3.71. The number of carboxylic acid groups (broad SMARTS) is 3. The van der Waals surface area contributed by atoms with Crippen molar-refractivity contribution in [2.24, 2.45) is 17.2 Å². The zero-order valence-corrected chi connectivity index (χ0v) is 20.9. The third kappa shape index (κ3) is 57.0. The van der Waals surface area contributed by atoms with Gasteiger partial charge in [0.15, 0.2) is 11.9 Å². The van der Waals surface area contributed by atoms with Crippen LogP contribution in [0.1, 0.15) is 33.6 Å². The second-order valence-corrected chi connectivity index (χ2v) is 6.29. The molecular formula is C18H38N8O10. The number of nitrogens with zero attached hydrogens (tertiary/aromatic N) is 2. The van der Waals surface area contributed by atoms with E-state index >= 15 is 0 Å². The number of hydrogen-bond acceptors (Lipinski definition) is 9. The smallest absolute Gasteiger partial charge is 0.323 e. The van der Waals surface area contributed by atoms with Crippen molar-refractivity contribution in [1.82, 2.24) is 15.1 Å². The molecule has 3 amide bonds. The molecule has 0 aromatic rings. The predicted molar refractivity (Wildman–Crippen MR) is 128 cm³/mol. The van der Waals surface area contributed by atoms with Gasteiger partial charge in [-0.2, -0.15) is 0 Å². The average Bonchev–Trinajstić information content (AvgIpc) is 2.96. The van der Waals surface area contributed by atoms with Gasteiger partial charge in [-0.15, -0.1) is 0 Å². The van der Waals surface area contributed by atoms with E-state index in [0.717, 1.165) is 18.2 Å². The molecule has 1 heterocycles. The quantitative estimate of drug-likeness (QED) is 0.125. The van der Waals surface area contributed by atoms with Crippen LogP contribution in [-0.2, 0) is 28.8 Å². The first-order valence-electron chi connectivity index (χ1n) is 9.67. The Labute approximate surface area is 208 Å². The minimum atomic E-state index is -0.993. The highest BCUT2D eigenvalue weighted by Crippen LogP contribution is 1.89. The zero-order chi connectivity index (χ0) is 30.0. The minimum absolute atomic E-state index is 0.0995. The molecule has 0 unspecified atom stereocenters. The molecule has 0 radical (unpaired) electrons. The lowest BCUT2D eigenvalue weighted by atomic mass is 10.4. The molecule has 0 aliphatic carbocycles. The number of carboxylic acids is 3. The lowest BCUT2D eigenvalue weighted by molar-refractivity contribution is -0.138. The number of hydrogen-bond donors (Lipinski definition) is 10. The first kappa shape index (κ1) is 41.7. The van der Waals surface area contributed by atoms with E-state index in [4.69, 9.17) is 41.8 Å². The monoisotopic (exact) mass is 526 g/mol. The Kier molecular flexibility index (Phi) is 31.0. The number of aliphatic hydroxyl groups excluding tert-OH is 1. The SMILES string of the molecule is CC(=O)O.CC(N)=O.CCCC(=O)O.CN(CC(=O)O)C(=N)N.CN1CC(=O)NC1=N.NC(=O)CO. The Balaban J connectivity index is -0.000000110. The molecule has 1 fully saturated rings. The first-order chi connectivity index (χ1) is 16.2. The van der Waals surface area contributed by atoms with Gasteiger partial charge in [-0.05, 0) is 6.42 Å². The number of amides is 3. The molecule has 18 heteroatoms. The fraction of sp³-hybridized carbons (Fsp3) is 0.556. The predicted octanol–water partition coefficient (Wildman–Crippen LogP) is -3.20. The van der Waals surface area contributed by atoms with E-state index in [-0.39, 0.29) is 30.3 Å². The first-order valence-corrected chi connectivity index (χ1v) is 9.67. The molecule has 0 spiro atoms. The number of aliphatic hydroxyl groups is 1. The molecule has 36 heavy (non-hydrogen) atoms. The summed E-state index contributed by atoms with van der Waals surface area (Å²) in [5.41, 5.74) is 13.8. The van der Waals surface area contributed by atoms with E-state index in [0.29, 0.717) is 13.0 Å². The van der Waals surface area contributed by atoms with E-state index in [1.54, 1.807) is 11.9 Å². The van der Waals surface area contributed by atoms with Crippen molar-refractivity contribution in [3.63, 3.8) is 0 Å². The second kappa shape index (κ2) is 26.8. The lowest BCUT2D eigenvalue weighted by Gasteiger charge is -2.12. The van der Waals surface area contributed by atoms with Crippen molar-refractivity contribution in [2.45, 2.75) is 33.6 Å². The molecule has 1 aliphatic heterocycles. The van der Waals surface area contributed by atoms with E-state index in [1.165, 1.54) is 14.0 Å². The van der Waals surface area contributed by atoms with E-state index in [9.17, 15) is 24.0 Å². The maximum absolute atomic E-state index is 10.4. The molecule has 1 rings (SSSR count). The van der Waals surface area contributed by atoms with Crippen molar-refractivity contribution in [2.75, 3.05) is 33.8 Å². The average molecular weight is 527 g/mol. The number of carbonyl (C=O) groups excluding carboxylic acids is 3. The molecule has 0 aromatic carbocycles. The molecule has 18 nitrogen and oxygen atoms in total. The van der Waals surface area contributed by atoms with Crippen LogP contribution in [0.2, 0.25) is 0 Å². The van der Waals surface area contributed by atoms with Crippen LogP contribution in [0.3, 0.4) is 0 Å². The van der Waals surface area contributed by atoms with Crippen molar-refractivity contribution < 1.29 is 49.2 Å². The highest BCUT2D eigenvalue weighted by Gasteiger charge is 2.18. The highest BCUT2D eigenvalue weighted by atomic mass is 16.4. The van der Waals surface area contributed by atoms with Gasteiger partial charge in [0.2, 0.25) is 17.7 Å². The number of carbonyl (C=O) groups is 6. The molecule has 1 aliphatic rings. The van der Waals surface area contributed by atoms with E-state index in [1.807, 2.05) is 6.92 Å². The zero-order valence-electron chi connectivity index (χ0n) is 20.9. The normalized spacial score (nSPS) is 10.2. The Morgan fingerprint density at radius 3 is 1.47 bits per heavy atom. The standard InChI is InChI=1S/C4H9N3O2.C4H7N3O.C4H8O2.C2H5NO2.C2H5NO.C2H4O2/c1-7(4(5)6)2-3(8)9;1-7-2-3(8)6-4(7)5;1-2-3-4(5)6;3-2(5)1-4;2*1-2(3)4/h2H2,1H3,(H3,5,6)(H,8,9);2H2,1H3,(H2,5,6,8);2-3H2,1H3,(H,5,6);4H,1H2,(H2,3,5);1H3,(H2,3,4);1H3,(H,3,4). The number of guanidine groups is 2. The summed E-state index contributed by atoms with van der Waals surface area (Å²) < 4.78 is 0. The van der Waals surface area contributed by atoms with Crippen LogP contribution in [0.25, 0.3) is 0 Å². The van der Waals surface area contributed by atoms with Gasteiger partial charge in [0.1, 0.15) is 13.2 Å². The van der Waals surface area contributed by atoms with Crippen molar-refractivity contribution >= 4 is 47.5 Å². The van der Waals surface area contributed by atoms with Crippen LogP contribution in [0.4, 0.5) is 0 Å². The molecule has 0 saturated carbocycles. The van der Waals surface area contributed by atoms with Crippen molar-refractivity contribution in [3.8, 4) is 0 Å². The maximum atomic E-state index is 10.4. The molecule has 0 aromatic heterocycles. The lowest BCUT2D eigenvalue weighted by Crippen LogP contribution is -2.36. The van der Waals surface area contributed by atoms with Crippen molar-refractivity contribution in [3.05, 3.63) is 0 Å².